The van der Waals surface area contributed by atoms with E-state index in [1.54, 1.807) is 18.1 Å². The maximum absolute atomic E-state index is 13.2. The fraction of sp³-hybridized carbons (Fsp3) is 0.542. The fourth-order valence-corrected chi connectivity index (χ4v) is 4.77. The Bertz CT molecular complexity index is 968. The summed E-state index contributed by atoms with van der Waals surface area (Å²) in [6.45, 7) is 3.63. The minimum Gasteiger partial charge on any atom is -0.341 e. The van der Waals surface area contributed by atoms with Crippen LogP contribution < -0.4 is 0 Å². The van der Waals surface area contributed by atoms with Gasteiger partial charge in [0, 0.05) is 43.3 Å². The van der Waals surface area contributed by atoms with Gasteiger partial charge in [0.2, 0.25) is 5.91 Å². The molecule has 166 valence electrons. The number of piperidine rings is 2. The molecule has 2 aliphatic heterocycles. The molecular formula is C24H32N4O3. The van der Waals surface area contributed by atoms with Crippen molar-refractivity contribution in [1.82, 2.24) is 19.3 Å². The molecular weight excluding hydrogens is 392 g/mol. The van der Waals surface area contributed by atoms with Crippen molar-refractivity contribution >= 4 is 28.5 Å². The van der Waals surface area contributed by atoms with Gasteiger partial charge in [0.25, 0.3) is 11.7 Å². The third-order valence-electron chi connectivity index (χ3n) is 6.80. The lowest BCUT2D eigenvalue weighted by Crippen LogP contribution is -2.46. The highest BCUT2D eigenvalue weighted by Gasteiger charge is 2.30. The Kier molecular flexibility index (Phi) is 6.41. The van der Waals surface area contributed by atoms with Crippen LogP contribution in [0.5, 0.6) is 0 Å². The molecule has 2 aliphatic rings. The van der Waals surface area contributed by atoms with E-state index in [1.807, 2.05) is 33.7 Å². The Labute approximate surface area is 183 Å². The number of hydrogen-bond donors (Lipinski definition) is 0. The molecule has 7 nitrogen and oxygen atoms in total. The van der Waals surface area contributed by atoms with E-state index < -0.39 is 11.7 Å². The van der Waals surface area contributed by atoms with E-state index in [4.69, 9.17) is 0 Å². The van der Waals surface area contributed by atoms with Gasteiger partial charge in [-0.2, -0.15) is 0 Å². The first-order valence-electron chi connectivity index (χ1n) is 11.3. The molecule has 0 spiro atoms. The van der Waals surface area contributed by atoms with Crippen molar-refractivity contribution < 1.29 is 14.4 Å². The molecule has 7 heteroatoms. The maximum atomic E-state index is 13.2. The zero-order chi connectivity index (χ0) is 22.0. The van der Waals surface area contributed by atoms with E-state index in [9.17, 15) is 14.4 Å². The van der Waals surface area contributed by atoms with E-state index in [0.717, 1.165) is 62.8 Å². The predicted octanol–water partition coefficient (Wildman–Crippen LogP) is 2.39. The predicted molar refractivity (Wildman–Crippen MR) is 120 cm³/mol. The Hall–Kier alpha value is -2.67. The molecule has 1 aromatic heterocycles. The number of likely N-dealkylation sites (tertiary alicyclic amines) is 2. The third-order valence-corrected chi connectivity index (χ3v) is 6.80. The molecule has 2 saturated heterocycles. The lowest BCUT2D eigenvalue weighted by atomic mass is 10.0. The van der Waals surface area contributed by atoms with Gasteiger partial charge in [0.05, 0.1) is 5.56 Å². The Morgan fingerprint density at radius 3 is 2.39 bits per heavy atom. The SMILES string of the molecule is CN1CCC(N(C)C(=O)C(=O)c2cn(CC(=O)N3CCCCC3)c3ccccc23)CC1. The van der Waals surface area contributed by atoms with Gasteiger partial charge in [-0.25, -0.2) is 0 Å². The number of ketones is 1. The van der Waals surface area contributed by atoms with Gasteiger partial charge in [-0.15, -0.1) is 0 Å². The van der Waals surface area contributed by atoms with E-state index in [-0.39, 0.29) is 18.5 Å². The summed E-state index contributed by atoms with van der Waals surface area (Å²) in [5.41, 5.74) is 1.19. The van der Waals surface area contributed by atoms with Gasteiger partial charge in [-0.3, -0.25) is 14.4 Å². The summed E-state index contributed by atoms with van der Waals surface area (Å²) in [6, 6.07) is 7.60. The molecule has 0 radical (unpaired) electrons. The second kappa shape index (κ2) is 9.22. The van der Waals surface area contributed by atoms with Crippen LogP contribution in [0.4, 0.5) is 0 Å². The van der Waals surface area contributed by atoms with Crippen LogP contribution in [0.15, 0.2) is 30.5 Å². The van der Waals surface area contributed by atoms with Gasteiger partial charge in [0.15, 0.2) is 0 Å². The van der Waals surface area contributed by atoms with Gasteiger partial charge < -0.3 is 19.3 Å². The molecule has 0 saturated carbocycles. The number of likely N-dealkylation sites (N-methyl/N-ethyl adjacent to an activating group) is 1. The van der Waals surface area contributed by atoms with Gasteiger partial charge >= 0.3 is 0 Å². The minimum atomic E-state index is -0.498. The second-order valence-electron chi connectivity index (χ2n) is 8.91. The summed E-state index contributed by atoms with van der Waals surface area (Å²) in [5.74, 6) is -0.907. The van der Waals surface area contributed by atoms with Crippen LogP contribution in [-0.2, 0) is 16.1 Å². The smallest absolute Gasteiger partial charge is 0.295 e. The number of Topliss-reactive ketones (excluding diaryl/α,β-unsaturated/α-hetero) is 1. The number of nitrogens with zero attached hydrogens (tertiary/aromatic N) is 4. The monoisotopic (exact) mass is 424 g/mol. The topological polar surface area (TPSA) is 65.9 Å². The molecule has 2 fully saturated rings. The summed E-state index contributed by atoms with van der Waals surface area (Å²) >= 11 is 0. The standard InChI is InChI=1S/C24H32N4O3/c1-25-14-10-18(11-15-25)26(2)24(31)23(30)20-16-28(21-9-5-4-8-19(20)21)17-22(29)27-12-6-3-7-13-27/h4-5,8-9,16,18H,3,6-7,10-15,17H2,1-2H3. The van der Waals surface area contributed by atoms with Crippen LogP contribution in [0.2, 0.25) is 0 Å². The molecule has 2 amide bonds. The van der Waals surface area contributed by atoms with E-state index in [1.165, 1.54) is 6.42 Å². The van der Waals surface area contributed by atoms with Crippen molar-refractivity contribution in [2.45, 2.75) is 44.7 Å². The van der Waals surface area contributed by atoms with Crippen molar-refractivity contribution in [2.75, 3.05) is 40.3 Å². The molecule has 0 N–H and O–H groups in total. The molecule has 0 bridgehead atoms. The second-order valence-corrected chi connectivity index (χ2v) is 8.91. The van der Waals surface area contributed by atoms with Crippen molar-refractivity contribution in [3.8, 4) is 0 Å². The number of hydrogen-bond acceptors (Lipinski definition) is 4. The van der Waals surface area contributed by atoms with Gasteiger partial charge in [-0.1, -0.05) is 18.2 Å². The third kappa shape index (κ3) is 4.51. The Morgan fingerprint density at radius 2 is 1.68 bits per heavy atom. The van der Waals surface area contributed by atoms with Gasteiger partial charge in [-0.05, 0) is 58.3 Å². The number of amides is 2. The van der Waals surface area contributed by atoms with Crippen LogP contribution >= 0.6 is 0 Å². The average Bonchev–Trinajstić information content (AvgIpc) is 3.17. The van der Waals surface area contributed by atoms with Crippen molar-refractivity contribution in [3.05, 3.63) is 36.0 Å². The highest BCUT2D eigenvalue weighted by molar-refractivity contribution is 6.44. The van der Waals surface area contributed by atoms with Crippen LogP contribution in [0.1, 0.15) is 42.5 Å². The molecule has 1 aromatic carbocycles. The maximum Gasteiger partial charge on any atom is 0.295 e. The average molecular weight is 425 g/mol. The van der Waals surface area contributed by atoms with Crippen molar-refractivity contribution in [3.63, 3.8) is 0 Å². The number of rotatable bonds is 5. The number of benzene rings is 1. The number of fused-ring (bicyclic) bond motifs is 1. The summed E-state index contributed by atoms with van der Waals surface area (Å²) in [6.07, 6.45) is 6.69. The minimum absolute atomic E-state index is 0.0641. The normalized spacial score (nSPS) is 18.3. The van der Waals surface area contributed by atoms with Gasteiger partial charge in [0.1, 0.15) is 6.54 Å². The fourth-order valence-electron chi connectivity index (χ4n) is 4.77. The number of carbonyl (C=O) groups is 3. The summed E-state index contributed by atoms with van der Waals surface area (Å²) in [7, 11) is 3.80. The zero-order valence-corrected chi connectivity index (χ0v) is 18.5. The number of carbonyl (C=O) groups excluding carboxylic acids is 3. The lowest BCUT2D eigenvalue weighted by Gasteiger charge is -2.34. The largest absolute Gasteiger partial charge is 0.341 e. The summed E-state index contributed by atoms with van der Waals surface area (Å²) in [5, 5.41) is 0.726. The van der Waals surface area contributed by atoms with Crippen LogP contribution in [0.3, 0.4) is 0 Å². The molecule has 0 aliphatic carbocycles. The Balaban J connectivity index is 1.55. The van der Waals surface area contributed by atoms with Crippen LogP contribution in [-0.4, -0.2) is 83.2 Å². The Morgan fingerprint density at radius 1 is 1.00 bits per heavy atom. The first-order valence-corrected chi connectivity index (χ1v) is 11.3. The molecule has 0 atom stereocenters. The van der Waals surface area contributed by atoms with E-state index in [0.29, 0.717) is 5.56 Å². The quantitative estimate of drug-likeness (QED) is 0.546. The van der Waals surface area contributed by atoms with Crippen molar-refractivity contribution in [1.29, 1.82) is 0 Å². The first-order chi connectivity index (χ1) is 15.0. The van der Waals surface area contributed by atoms with E-state index >= 15 is 0 Å². The number of aromatic nitrogens is 1. The molecule has 4 rings (SSSR count). The highest BCUT2D eigenvalue weighted by Crippen LogP contribution is 2.24. The molecule has 0 unspecified atom stereocenters. The molecule has 2 aromatic rings. The van der Waals surface area contributed by atoms with Crippen LogP contribution in [0.25, 0.3) is 10.9 Å². The summed E-state index contributed by atoms with van der Waals surface area (Å²) < 4.78 is 1.82. The lowest BCUT2D eigenvalue weighted by molar-refractivity contribution is -0.132. The van der Waals surface area contributed by atoms with Crippen molar-refractivity contribution in [2.24, 2.45) is 0 Å². The number of para-hydroxylation sites is 1. The first kappa shape index (κ1) is 21.6. The van der Waals surface area contributed by atoms with E-state index in [2.05, 4.69) is 11.9 Å². The molecule has 31 heavy (non-hydrogen) atoms. The molecule has 3 heterocycles. The summed E-state index contributed by atoms with van der Waals surface area (Å²) in [4.78, 5) is 44.8. The highest BCUT2D eigenvalue weighted by atomic mass is 16.2. The van der Waals surface area contributed by atoms with Crippen LogP contribution in [0, 0.1) is 0 Å². The zero-order valence-electron chi connectivity index (χ0n) is 18.5.